The summed E-state index contributed by atoms with van der Waals surface area (Å²) in [6.07, 6.45) is 2.63. The predicted octanol–water partition coefficient (Wildman–Crippen LogP) is 4.58. The van der Waals surface area contributed by atoms with Crippen molar-refractivity contribution in [2.75, 3.05) is 13.1 Å². The molecule has 0 spiro atoms. The zero-order chi connectivity index (χ0) is 24.3. The smallest absolute Gasteiger partial charge is 0.243 e. The van der Waals surface area contributed by atoms with E-state index in [4.69, 9.17) is 5.26 Å². The van der Waals surface area contributed by atoms with Crippen LogP contribution >= 0.6 is 0 Å². The van der Waals surface area contributed by atoms with E-state index in [0.29, 0.717) is 5.56 Å². The summed E-state index contributed by atoms with van der Waals surface area (Å²) in [5.74, 6) is -1.61. The van der Waals surface area contributed by atoms with E-state index in [2.05, 4.69) is 0 Å². The van der Waals surface area contributed by atoms with Crippen molar-refractivity contribution in [1.82, 2.24) is 4.31 Å². The molecule has 34 heavy (non-hydrogen) atoms. The topological polar surface area (TPSA) is 78.2 Å². The summed E-state index contributed by atoms with van der Waals surface area (Å²) in [7, 11) is -4.08. The zero-order valence-corrected chi connectivity index (χ0v) is 18.6. The Kier molecular flexibility index (Phi) is 6.50. The number of hydrogen-bond donors (Lipinski definition) is 0. The standard InChI is InChI=1S/C26H18F2N2O3S/c27-24-7-3-1-5-19(24)13-21-16-30(34(32,33)23-11-9-18(15-29)10-12-23)17-22(26(21)31)14-20-6-2-4-8-25(20)28/h1-14H,16-17H2/b21-13+,22-14+. The molecule has 0 saturated carbocycles. The summed E-state index contributed by atoms with van der Waals surface area (Å²) < 4.78 is 56.3. The first-order valence-electron chi connectivity index (χ1n) is 10.2. The van der Waals surface area contributed by atoms with E-state index >= 15 is 0 Å². The number of Topliss-reactive ketones (excluding diaryl/α,β-unsaturated/α-hetero) is 1. The lowest BCUT2D eigenvalue weighted by Gasteiger charge is -2.29. The van der Waals surface area contributed by atoms with Gasteiger partial charge in [0.2, 0.25) is 10.0 Å². The summed E-state index contributed by atoms with van der Waals surface area (Å²) in [6.45, 7) is -0.575. The molecule has 3 aromatic carbocycles. The lowest BCUT2D eigenvalue weighted by molar-refractivity contribution is -0.113. The Labute approximate surface area is 195 Å². The first-order chi connectivity index (χ1) is 16.3. The molecule has 1 saturated heterocycles. The van der Waals surface area contributed by atoms with Crippen LogP contribution in [0.15, 0.2) is 88.8 Å². The van der Waals surface area contributed by atoms with E-state index < -0.39 is 27.4 Å². The van der Waals surface area contributed by atoms with Gasteiger partial charge in [-0.2, -0.15) is 9.57 Å². The van der Waals surface area contributed by atoms with Gasteiger partial charge < -0.3 is 0 Å². The van der Waals surface area contributed by atoms with Crippen molar-refractivity contribution < 1.29 is 22.0 Å². The fourth-order valence-corrected chi connectivity index (χ4v) is 4.98. The fourth-order valence-electron chi connectivity index (χ4n) is 3.59. The van der Waals surface area contributed by atoms with Gasteiger partial charge in [0.25, 0.3) is 0 Å². The summed E-state index contributed by atoms with van der Waals surface area (Å²) in [5, 5.41) is 8.98. The molecule has 0 N–H and O–H groups in total. The highest BCUT2D eigenvalue weighted by Crippen LogP contribution is 2.28. The van der Waals surface area contributed by atoms with Crippen molar-refractivity contribution in [1.29, 1.82) is 5.26 Å². The molecule has 0 amide bonds. The van der Waals surface area contributed by atoms with Crippen molar-refractivity contribution in [3.05, 3.63) is 112 Å². The second-order valence-electron chi connectivity index (χ2n) is 7.62. The molecule has 1 aliphatic heterocycles. The van der Waals surface area contributed by atoms with Crippen LogP contribution in [0.3, 0.4) is 0 Å². The summed E-state index contributed by atoms with van der Waals surface area (Å²) in [5.41, 5.74) is 0.669. The molecule has 0 atom stereocenters. The molecule has 4 rings (SSSR count). The Balaban J connectivity index is 1.81. The Hall–Kier alpha value is -3.93. The van der Waals surface area contributed by atoms with E-state index in [1.165, 1.54) is 72.8 Å². The number of piperidine rings is 1. The normalized spacial score (nSPS) is 17.1. The van der Waals surface area contributed by atoms with Crippen LogP contribution in [0.5, 0.6) is 0 Å². The minimum Gasteiger partial charge on any atom is -0.289 e. The molecule has 1 aliphatic rings. The Morgan fingerprint density at radius 3 is 1.71 bits per heavy atom. The van der Waals surface area contributed by atoms with Crippen LogP contribution < -0.4 is 0 Å². The van der Waals surface area contributed by atoms with Gasteiger partial charge in [-0.15, -0.1) is 0 Å². The SMILES string of the molecule is N#Cc1ccc(S(=O)(=O)N2C/C(=C\c3ccccc3F)C(=O)/C(=C/c3ccccc3F)C2)cc1. The van der Waals surface area contributed by atoms with Crippen LogP contribution in [0.4, 0.5) is 8.78 Å². The first-order valence-corrected chi connectivity index (χ1v) is 11.7. The number of nitrogens with zero attached hydrogens (tertiary/aromatic N) is 2. The molecule has 0 radical (unpaired) electrons. The predicted molar refractivity (Wildman–Crippen MR) is 124 cm³/mol. The molecular weight excluding hydrogens is 458 g/mol. The van der Waals surface area contributed by atoms with Crippen LogP contribution in [-0.2, 0) is 14.8 Å². The first kappa shape index (κ1) is 23.2. The van der Waals surface area contributed by atoms with Crippen LogP contribution in [0.25, 0.3) is 12.2 Å². The molecular formula is C26H18F2N2O3S. The number of carbonyl (C=O) groups excluding carboxylic acids is 1. The van der Waals surface area contributed by atoms with Crippen molar-refractivity contribution in [3.8, 4) is 6.07 Å². The Bertz CT molecular complexity index is 1400. The third kappa shape index (κ3) is 4.71. The van der Waals surface area contributed by atoms with E-state index in [0.717, 1.165) is 4.31 Å². The largest absolute Gasteiger partial charge is 0.289 e. The molecule has 5 nitrogen and oxygen atoms in total. The minimum atomic E-state index is -4.08. The van der Waals surface area contributed by atoms with Crippen LogP contribution in [0, 0.1) is 23.0 Å². The van der Waals surface area contributed by atoms with Gasteiger partial charge in [0.05, 0.1) is 16.5 Å². The Morgan fingerprint density at radius 1 is 0.794 bits per heavy atom. The van der Waals surface area contributed by atoms with Crippen LogP contribution in [0.2, 0.25) is 0 Å². The zero-order valence-electron chi connectivity index (χ0n) is 17.8. The molecule has 8 heteroatoms. The molecule has 0 bridgehead atoms. The molecule has 0 aromatic heterocycles. The second-order valence-corrected chi connectivity index (χ2v) is 9.56. The van der Waals surface area contributed by atoms with Gasteiger partial charge >= 0.3 is 0 Å². The van der Waals surface area contributed by atoms with Gasteiger partial charge in [-0.05, 0) is 48.6 Å². The van der Waals surface area contributed by atoms with Crippen molar-refractivity contribution in [2.45, 2.75) is 4.90 Å². The van der Waals surface area contributed by atoms with Crippen molar-refractivity contribution >= 4 is 28.0 Å². The molecule has 1 heterocycles. The number of carbonyl (C=O) groups is 1. The van der Waals surface area contributed by atoms with E-state index in [-0.39, 0.29) is 40.3 Å². The highest BCUT2D eigenvalue weighted by molar-refractivity contribution is 7.89. The number of halogens is 2. The number of ketones is 1. The van der Waals surface area contributed by atoms with Crippen molar-refractivity contribution in [3.63, 3.8) is 0 Å². The average molecular weight is 477 g/mol. The summed E-state index contributed by atoms with van der Waals surface area (Å²) in [6, 6.07) is 19.0. The van der Waals surface area contributed by atoms with E-state index in [1.54, 1.807) is 12.1 Å². The maximum absolute atomic E-state index is 14.3. The van der Waals surface area contributed by atoms with Gasteiger partial charge in [0, 0.05) is 35.4 Å². The third-order valence-electron chi connectivity index (χ3n) is 5.37. The highest BCUT2D eigenvalue weighted by atomic mass is 32.2. The monoisotopic (exact) mass is 476 g/mol. The molecule has 3 aromatic rings. The van der Waals surface area contributed by atoms with Crippen LogP contribution in [0.1, 0.15) is 16.7 Å². The maximum Gasteiger partial charge on any atom is 0.243 e. The molecule has 0 unspecified atom stereocenters. The number of hydrogen-bond acceptors (Lipinski definition) is 4. The quantitative estimate of drug-likeness (QED) is 0.517. The van der Waals surface area contributed by atoms with E-state index in [9.17, 15) is 22.0 Å². The second kappa shape index (κ2) is 9.51. The number of rotatable bonds is 4. The fraction of sp³-hybridized carbons (Fsp3) is 0.0769. The summed E-state index contributed by atoms with van der Waals surface area (Å²) >= 11 is 0. The number of nitriles is 1. The lowest BCUT2D eigenvalue weighted by Crippen LogP contribution is -2.41. The minimum absolute atomic E-state index is 0.0520. The third-order valence-corrected chi connectivity index (χ3v) is 7.17. The van der Waals surface area contributed by atoms with Crippen molar-refractivity contribution in [2.24, 2.45) is 0 Å². The number of sulfonamides is 1. The molecule has 1 fully saturated rings. The highest BCUT2D eigenvalue weighted by Gasteiger charge is 2.34. The molecule has 170 valence electrons. The van der Waals surface area contributed by atoms with Gasteiger partial charge in [0.15, 0.2) is 5.78 Å². The molecule has 0 aliphatic carbocycles. The summed E-state index contributed by atoms with van der Waals surface area (Å²) in [4.78, 5) is 13.2. The average Bonchev–Trinajstić information content (AvgIpc) is 2.84. The van der Waals surface area contributed by atoms with Gasteiger partial charge in [-0.1, -0.05) is 36.4 Å². The Morgan fingerprint density at radius 2 is 1.26 bits per heavy atom. The van der Waals surface area contributed by atoms with E-state index in [1.807, 2.05) is 6.07 Å². The van der Waals surface area contributed by atoms with Gasteiger partial charge in [-0.3, -0.25) is 4.79 Å². The van der Waals surface area contributed by atoms with Gasteiger partial charge in [-0.25, -0.2) is 17.2 Å². The lowest BCUT2D eigenvalue weighted by atomic mass is 9.95. The number of benzene rings is 3. The van der Waals surface area contributed by atoms with Gasteiger partial charge in [0.1, 0.15) is 11.6 Å². The van der Waals surface area contributed by atoms with Crippen LogP contribution in [-0.4, -0.2) is 31.6 Å². The maximum atomic E-state index is 14.3.